The van der Waals surface area contributed by atoms with Crippen LogP contribution in [-0.2, 0) is 0 Å². The van der Waals surface area contributed by atoms with Crippen molar-refractivity contribution in [1.82, 2.24) is 14.9 Å². The number of fused-ring (bicyclic) bond motifs is 1. The van der Waals surface area contributed by atoms with Crippen LogP contribution >= 0.6 is 0 Å². The molecule has 6 heteroatoms. The number of nitrogens with one attached hydrogen (secondary N) is 1. The van der Waals surface area contributed by atoms with E-state index in [-0.39, 0.29) is 12.0 Å². The Morgan fingerprint density at radius 3 is 2.92 bits per heavy atom. The number of rotatable bonds is 4. The van der Waals surface area contributed by atoms with Crippen LogP contribution in [0.25, 0.3) is 10.9 Å². The number of likely N-dealkylation sites (tertiary alicyclic amines) is 1. The Morgan fingerprint density at radius 1 is 1.27 bits per heavy atom. The number of methoxy groups -OCH3 is 1. The van der Waals surface area contributed by atoms with Crippen molar-refractivity contribution in [2.45, 2.75) is 19.4 Å². The van der Waals surface area contributed by atoms with Crippen molar-refractivity contribution in [3.63, 3.8) is 0 Å². The van der Waals surface area contributed by atoms with E-state index in [0.29, 0.717) is 24.7 Å². The number of benzene rings is 1. The molecule has 0 radical (unpaired) electrons. The maximum absolute atomic E-state index is 12.8. The summed E-state index contributed by atoms with van der Waals surface area (Å²) in [4.78, 5) is 22.1. The lowest BCUT2D eigenvalue weighted by atomic mass is 10.2. The van der Waals surface area contributed by atoms with Crippen LogP contribution in [0.4, 0.5) is 0 Å². The van der Waals surface area contributed by atoms with Crippen molar-refractivity contribution in [2.24, 2.45) is 0 Å². The van der Waals surface area contributed by atoms with E-state index in [0.717, 1.165) is 28.6 Å². The molecule has 0 bridgehead atoms. The lowest BCUT2D eigenvalue weighted by molar-refractivity contribution is 0.0766. The molecule has 4 rings (SSSR count). The van der Waals surface area contributed by atoms with E-state index in [4.69, 9.17) is 9.47 Å². The summed E-state index contributed by atoms with van der Waals surface area (Å²) in [5, 5.41) is 0.991. The van der Waals surface area contributed by atoms with E-state index >= 15 is 0 Å². The number of aromatic nitrogens is 2. The molecule has 6 nitrogen and oxygen atoms in total. The highest BCUT2D eigenvalue weighted by atomic mass is 16.5. The molecule has 1 unspecified atom stereocenters. The highest BCUT2D eigenvalue weighted by Gasteiger charge is 2.29. The molecule has 0 saturated carbocycles. The molecule has 1 aliphatic rings. The number of amides is 1. The van der Waals surface area contributed by atoms with Gasteiger partial charge in [-0.1, -0.05) is 6.07 Å². The van der Waals surface area contributed by atoms with Gasteiger partial charge in [0.25, 0.3) is 5.91 Å². The van der Waals surface area contributed by atoms with Gasteiger partial charge in [-0.25, -0.2) is 4.98 Å². The summed E-state index contributed by atoms with van der Waals surface area (Å²) in [7, 11) is 1.63. The maximum Gasteiger partial charge on any atom is 0.270 e. The molecule has 0 spiro atoms. The van der Waals surface area contributed by atoms with Crippen molar-refractivity contribution in [1.29, 1.82) is 0 Å². The minimum Gasteiger partial charge on any atom is -0.497 e. The average Bonchev–Trinajstić information content (AvgIpc) is 3.29. The number of carbonyl (C=O) groups is 1. The third-order valence-electron chi connectivity index (χ3n) is 4.66. The van der Waals surface area contributed by atoms with Gasteiger partial charge in [0.1, 0.15) is 17.5 Å². The predicted molar refractivity (Wildman–Crippen MR) is 98.8 cm³/mol. The fraction of sp³-hybridized carbons (Fsp3) is 0.300. The molecule has 2 aromatic heterocycles. The monoisotopic (exact) mass is 351 g/mol. The number of carbonyl (C=O) groups excluding carboxylic acids is 1. The third-order valence-corrected chi connectivity index (χ3v) is 4.66. The summed E-state index contributed by atoms with van der Waals surface area (Å²) >= 11 is 0. The first-order valence-corrected chi connectivity index (χ1v) is 8.68. The zero-order valence-electron chi connectivity index (χ0n) is 14.9. The third kappa shape index (κ3) is 3.22. The van der Waals surface area contributed by atoms with Gasteiger partial charge in [-0.15, -0.1) is 0 Å². The SMILES string of the molecule is COc1ccc2cc(C(=O)N3CCC(Oc4ccc(C)cn4)C3)[nH]c2c1. The number of hydrogen-bond donors (Lipinski definition) is 1. The fourth-order valence-corrected chi connectivity index (χ4v) is 3.22. The second-order valence-corrected chi connectivity index (χ2v) is 6.59. The Morgan fingerprint density at radius 2 is 2.15 bits per heavy atom. The van der Waals surface area contributed by atoms with E-state index in [1.54, 1.807) is 13.3 Å². The average molecular weight is 351 g/mol. The highest BCUT2D eigenvalue weighted by molar-refractivity contribution is 5.98. The first-order chi connectivity index (χ1) is 12.6. The van der Waals surface area contributed by atoms with Crippen molar-refractivity contribution < 1.29 is 14.3 Å². The predicted octanol–water partition coefficient (Wildman–Crippen LogP) is 3.17. The molecule has 0 aliphatic carbocycles. The Labute approximate surface area is 151 Å². The van der Waals surface area contributed by atoms with Gasteiger partial charge in [-0.05, 0) is 30.7 Å². The number of aromatic amines is 1. The molecule has 1 atom stereocenters. The van der Waals surface area contributed by atoms with Crippen LogP contribution in [0.5, 0.6) is 11.6 Å². The number of aryl methyl sites for hydroxylation is 1. The molecule has 1 aliphatic heterocycles. The molecule has 1 fully saturated rings. The van der Waals surface area contributed by atoms with Gasteiger partial charge >= 0.3 is 0 Å². The largest absolute Gasteiger partial charge is 0.497 e. The van der Waals surface area contributed by atoms with Gasteiger partial charge in [0.2, 0.25) is 5.88 Å². The molecule has 134 valence electrons. The van der Waals surface area contributed by atoms with Crippen LogP contribution in [0, 0.1) is 6.92 Å². The van der Waals surface area contributed by atoms with Crippen molar-refractivity contribution in [3.8, 4) is 11.6 Å². The highest BCUT2D eigenvalue weighted by Crippen LogP contribution is 2.23. The minimum atomic E-state index is -0.0290. The molecule has 1 amide bonds. The van der Waals surface area contributed by atoms with E-state index in [9.17, 15) is 4.79 Å². The molecule has 26 heavy (non-hydrogen) atoms. The quantitative estimate of drug-likeness (QED) is 0.784. The van der Waals surface area contributed by atoms with E-state index in [1.807, 2.05) is 48.2 Å². The Kier molecular flexibility index (Phi) is 4.24. The van der Waals surface area contributed by atoms with Gasteiger partial charge in [-0.2, -0.15) is 0 Å². The molecule has 1 N–H and O–H groups in total. The van der Waals surface area contributed by atoms with Crippen LogP contribution in [0.2, 0.25) is 0 Å². The van der Waals surface area contributed by atoms with Crippen LogP contribution in [0.1, 0.15) is 22.5 Å². The van der Waals surface area contributed by atoms with Gasteiger partial charge < -0.3 is 19.4 Å². The first-order valence-electron chi connectivity index (χ1n) is 8.68. The first kappa shape index (κ1) is 16.4. The van der Waals surface area contributed by atoms with Crippen molar-refractivity contribution >= 4 is 16.8 Å². The molecule has 3 heterocycles. The van der Waals surface area contributed by atoms with E-state index < -0.39 is 0 Å². The summed E-state index contributed by atoms with van der Waals surface area (Å²) in [5.74, 6) is 1.36. The Balaban J connectivity index is 1.44. The van der Waals surface area contributed by atoms with Crippen LogP contribution in [-0.4, -0.2) is 47.1 Å². The lowest BCUT2D eigenvalue weighted by Crippen LogP contribution is -2.31. The van der Waals surface area contributed by atoms with Gasteiger partial charge in [0.05, 0.1) is 13.7 Å². The molecule has 1 saturated heterocycles. The lowest BCUT2D eigenvalue weighted by Gasteiger charge is -2.16. The summed E-state index contributed by atoms with van der Waals surface area (Å²) in [5.41, 5.74) is 2.57. The molecular formula is C20H21N3O3. The second-order valence-electron chi connectivity index (χ2n) is 6.59. The number of ether oxygens (including phenoxy) is 2. The number of pyridine rings is 1. The molecule has 1 aromatic carbocycles. The summed E-state index contributed by atoms with van der Waals surface area (Å²) in [6, 6.07) is 11.4. The Bertz CT molecular complexity index is 933. The van der Waals surface area contributed by atoms with Crippen molar-refractivity contribution in [2.75, 3.05) is 20.2 Å². The van der Waals surface area contributed by atoms with E-state index in [1.165, 1.54) is 0 Å². The van der Waals surface area contributed by atoms with Gasteiger partial charge in [0.15, 0.2) is 0 Å². The smallest absolute Gasteiger partial charge is 0.270 e. The standard InChI is InChI=1S/C20H21N3O3/c1-13-3-6-19(21-11-13)26-16-7-8-23(12-16)20(24)18-9-14-4-5-15(25-2)10-17(14)22-18/h3-6,9-11,16,22H,7-8,12H2,1-2H3. The number of H-pyrrole nitrogens is 1. The Hall–Kier alpha value is -3.02. The summed E-state index contributed by atoms with van der Waals surface area (Å²) < 4.78 is 11.1. The van der Waals surface area contributed by atoms with E-state index in [2.05, 4.69) is 9.97 Å². The zero-order chi connectivity index (χ0) is 18.1. The van der Waals surface area contributed by atoms with Crippen LogP contribution in [0.3, 0.4) is 0 Å². The van der Waals surface area contributed by atoms with Crippen LogP contribution < -0.4 is 9.47 Å². The second kappa shape index (κ2) is 6.71. The summed E-state index contributed by atoms with van der Waals surface area (Å²) in [6.07, 6.45) is 2.56. The maximum atomic E-state index is 12.8. The van der Waals surface area contributed by atoms with Gasteiger partial charge in [-0.3, -0.25) is 4.79 Å². The number of hydrogen-bond acceptors (Lipinski definition) is 4. The topological polar surface area (TPSA) is 67.4 Å². The number of nitrogens with zero attached hydrogens (tertiary/aromatic N) is 2. The van der Waals surface area contributed by atoms with Crippen molar-refractivity contribution in [3.05, 3.63) is 53.9 Å². The summed E-state index contributed by atoms with van der Waals surface area (Å²) in [6.45, 7) is 3.23. The van der Waals surface area contributed by atoms with Crippen LogP contribution in [0.15, 0.2) is 42.6 Å². The normalized spacial score (nSPS) is 16.8. The zero-order valence-corrected chi connectivity index (χ0v) is 14.9. The molecular weight excluding hydrogens is 330 g/mol. The fourth-order valence-electron chi connectivity index (χ4n) is 3.22. The molecule has 3 aromatic rings. The van der Waals surface area contributed by atoms with Gasteiger partial charge in [0, 0.05) is 42.2 Å². The minimum absolute atomic E-state index is 0.0110.